The van der Waals surface area contributed by atoms with E-state index in [1.807, 2.05) is 6.20 Å². The largest absolute Gasteiger partial charge is 0.469 e. The van der Waals surface area contributed by atoms with Gasteiger partial charge < -0.3 is 9.15 Å². The number of rotatable bonds is 4. The lowest BCUT2D eigenvalue weighted by molar-refractivity contribution is 0.0470. The first kappa shape index (κ1) is 11.9. The molecule has 0 N–H and O–H groups in total. The molecule has 0 atom stereocenters. The van der Waals surface area contributed by atoms with E-state index in [4.69, 9.17) is 9.15 Å². The molecule has 0 aliphatic carbocycles. The summed E-state index contributed by atoms with van der Waals surface area (Å²) < 4.78 is 10.2. The topological polar surface area (TPSA) is 52.3 Å². The van der Waals surface area contributed by atoms with Gasteiger partial charge in [0.1, 0.15) is 22.9 Å². The Morgan fingerprint density at radius 1 is 1.59 bits per heavy atom. The normalized spacial score (nSPS) is 10.5. The molecule has 0 aliphatic heterocycles. The summed E-state index contributed by atoms with van der Waals surface area (Å²) in [6.45, 7) is 4.02. The van der Waals surface area contributed by atoms with Gasteiger partial charge in [0.2, 0.25) is 0 Å². The van der Waals surface area contributed by atoms with Gasteiger partial charge in [-0.05, 0) is 19.4 Å². The minimum atomic E-state index is -0.371. The Morgan fingerprint density at radius 3 is 3.00 bits per heavy atom. The lowest BCUT2D eigenvalue weighted by Gasteiger charge is -2.00. The molecule has 17 heavy (non-hydrogen) atoms. The van der Waals surface area contributed by atoms with Crippen LogP contribution in [0.5, 0.6) is 0 Å². The van der Waals surface area contributed by atoms with Crippen LogP contribution in [0.1, 0.15) is 32.9 Å². The average Bonchev–Trinajstić information content (AvgIpc) is 2.94. The average molecular weight is 251 g/mol. The number of hydrogen-bond donors (Lipinski definition) is 0. The number of esters is 1. The minimum absolute atomic E-state index is 0.216. The number of aromatic nitrogens is 1. The van der Waals surface area contributed by atoms with Gasteiger partial charge in [-0.25, -0.2) is 9.78 Å². The summed E-state index contributed by atoms with van der Waals surface area (Å²) in [5, 5.41) is 0.816. The third-order valence-electron chi connectivity index (χ3n) is 2.36. The molecule has 0 fully saturated rings. The van der Waals surface area contributed by atoms with E-state index in [1.165, 1.54) is 11.1 Å². The molecular formula is C12H13NO3S. The van der Waals surface area contributed by atoms with Crippen LogP contribution in [0.3, 0.4) is 0 Å². The molecule has 2 aromatic rings. The molecule has 2 rings (SSSR count). The summed E-state index contributed by atoms with van der Waals surface area (Å²) >= 11 is 1.56. The molecule has 0 bridgehead atoms. The van der Waals surface area contributed by atoms with Crippen molar-refractivity contribution in [1.82, 2.24) is 4.98 Å². The maximum absolute atomic E-state index is 11.7. The zero-order valence-electron chi connectivity index (χ0n) is 9.73. The highest BCUT2D eigenvalue weighted by atomic mass is 32.1. The molecule has 0 saturated carbocycles. The Bertz CT molecular complexity index is 515. The highest BCUT2D eigenvalue weighted by molar-refractivity contribution is 7.11. The van der Waals surface area contributed by atoms with Crippen molar-refractivity contribution in [3.8, 4) is 0 Å². The van der Waals surface area contributed by atoms with Crippen LogP contribution in [0, 0.1) is 6.92 Å². The van der Waals surface area contributed by atoms with Crippen LogP contribution in [-0.2, 0) is 17.8 Å². The molecule has 0 radical (unpaired) electrons. The summed E-state index contributed by atoms with van der Waals surface area (Å²) in [6.07, 6.45) is 4.24. The van der Waals surface area contributed by atoms with Gasteiger partial charge in [0.25, 0.3) is 0 Å². The second-order valence-electron chi connectivity index (χ2n) is 3.54. The van der Waals surface area contributed by atoms with Crippen molar-refractivity contribution < 1.29 is 13.9 Å². The molecular weight excluding hydrogens is 238 g/mol. The predicted octanol–water partition coefficient (Wildman–Crippen LogP) is 2.96. The molecule has 0 aliphatic rings. The molecule has 2 heterocycles. The van der Waals surface area contributed by atoms with E-state index < -0.39 is 0 Å². The van der Waals surface area contributed by atoms with Crippen LogP contribution < -0.4 is 0 Å². The van der Waals surface area contributed by atoms with Crippen molar-refractivity contribution in [2.24, 2.45) is 0 Å². The molecule has 4 nitrogen and oxygen atoms in total. The molecule has 0 saturated heterocycles. The van der Waals surface area contributed by atoms with E-state index in [0.717, 1.165) is 11.4 Å². The Balaban J connectivity index is 1.94. The van der Waals surface area contributed by atoms with Crippen LogP contribution in [0.15, 0.2) is 22.9 Å². The van der Waals surface area contributed by atoms with Crippen LogP contribution >= 0.6 is 11.3 Å². The van der Waals surface area contributed by atoms with Crippen molar-refractivity contribution >= 4 is 17.3 Å². The predicted molar refractivity (Wildman–Crippen MR) is 64.1 cm³/mol. The van der Waals surface area contributed by atoms with Gasteiger partial charge >= 0.3 is 5.97 Å². The smallest absolute Gasteiger partial charge is 0.342 e. The second-order valence-corrected chi connectivity index (χ2v) is 4.74. The Labute approximate surface area is 103 Å². The van der Waals surface area contributed by atoms with Crippen molar-refractivity contribution in [1.29, 1.82) is 0 Å². The van der Waals surface area contributed by atoms with Crippen molar-refractivity contribution in [2.45, 2.75) is 26.9 Å². The molecule has 0 aromatic carbocycles. The fraction of sp³-hybridized carbons (Fsp3) is 0.333. The van der Waals surface area contributed by atoms with E-state index >= 15 is 0 Å². The first-order valence-corrected chi connectivity index (χ1v) is 6.17. The molecule has 5 heteroatoms. The quantitative estimate of drug-likeness (QED) is 0.784. The zero-order valence-corrected chi connectivity index (χ0v) is 10.5. The monoisotopic (exact) mass is 251 g/mol. The van der Waals surface area contributed by atoms with Gasteiger partial charge in [0.15, 0.2) is 0 Å². The summed E-state index contributed by atoms with van der Waals surface area (Å²) in [6, 6.07) is 1.61. The van der Waals surface area contributed by atoms with Gasteiger partial charge in [0, 0.05) is 11.1 Å². The minimum Gasteiger partial charge on any atom is -0.469 e. The maximum Gasteiger partial charge on any atom is 0.342 e. The van der Waals surface area contributed by atoms with E-state index in [1.54, 1.807) is 24.3 Å². The Morgan fingerprint density at radius 2 is 2.41 bits per heavy atom. The summed E-state index contributed by atoms with van der Waals surface area (Å²) in [5.41, 5.74) is 0.470. The zero-order chi connectivity index (χ0) is 12.3. The maximum atomic E-state index is 11.7. The van der Waals surface area contributed by atoms with Gasteiger partial charge in [0.05, 0.1) is 6.26 Å². The van der Waals surface area contributed by atoms with Gasteiger partial charge in [-0.1, -0.05) is 6.92 Å². The van der Waals surface area contributed by atoms with Crippen LogP contribution in [0.4, 0.5) is 0 Å². The number of carbonyl (C=O) groups excluding carboxylic acids is 1. The van der Waals surface area contributed by atoms with Crippen LogP contribution in [0.25, 0.3) is 0 Å². The van der Waals surface area contributed by atoms with Gasteiger partial charge in [-0.2, -0.15) is 0 Å². The van der Waals surface area contributed by atoms with Crippen molar-refractivity contribution in [2.75, 3.05) is 0 Å². The Kier molecular flexibility index (Phi) is 3.58. The van der Waals surface area contributed by atoms with Crippen molar-refractivity contribution in [3.05, 3.63) is 39.7 Å². The van der Waals surface area contributed by atoms with Crippen LogP contribution in [-0.4, -0.2) is 11.0 Å². The van der Waals surface area contributed by atoms with E-state index in [0.29, 0.717) is 11.3 Å². The standard InChI is InChI=1S/C12H13NO3S/c1-3-9-6-13-11(17-9)7-16-12(14)10-4-5-15-8(10)2/h4-6H,3,7H2,1-2H3. The van der Waals surface area contributed by atoms with Gasteiger partial charge in [-0.3, -0.25) is 0 Å². The fourth-order valence-corrected chi connectivity index (χ4v) is 2.16. The Hall–Kier alpha value is -1.62. The van der Waals surface area contributed by atoms with E-state index in [-0.39, 0.29) is 12.6 Å². The number of thiazole rings is 1. The van der Waals surface area contributed by atoms with E-state index in [2.05, 4.69) is 11.9 Å². The number of carbonyl (C=O) groups is 1. The summed E-state index contributed by atoms with van der Waals surface area (Å²) in [5.74, 6) is 0.202. The van der Waals surface area contributed by atoms with Crippen molar-refractivity contribution in [3.63, 3.8) is 0 Å². The molecule has 2 aromatic heterocycles. The molecule has 0 spiro atoms. The number of hydrogen-bond acceptors (Lipinski definition) is 5. The highest BCUT2D eigenvalue weighted by Crippen LogP contribution is 2.16. The van der Waals surface area contributed by atoms with Crippen LogP contribution in [0.2, 0.25) is 0 Å². The van der Waals surface area contributed by atoms with E-state index in [9.17, 15) is 4.79 Å². The SMILES string of the molecule is CCc1cnc(COC(=O)c2ccoc2C)s1. The molecule has 90 valence electrons. The third kappa shape index (κ3) is 2.74. The highest BCUT2D eigenvalue weighted by Gasteiger charge is 2.13. The fourth-order valence-electron chi connectivity index (χ4n) is 1.38. The first-order valence-electron chi connectivity index (χ1n) is 5.35. The first-order chi connectivity index (χ1) is 8.20. The summed E-state index contributed by atoms with van der Waals surface area (Å²) in [4.78, 5) is 17.0. The second kappa shape index (κ2) is 5.14. The molecule has 0 amide bonds. The number of aryl methyl sites for hydroxylation is 2. The number of ether oxygens (including phenoxy) is 1. The third-order valence-corrected chi connectivity index (χ3v) is 3.47. The summed E-state index contributed by atoms with van der Waals surface area (Å²) in [7, 11) is 0. The number of nitrogens with zero attached hydrogens (tertiary/aromatic N) is 1. The molecule has 0 unspecified atom stereocenters. The number of furan rings is 1. The lowest BCUT2D eigenvalue weighted by Crippen LogP contribution is -2.05. The lowest BCUT2D eigenvalue weighted by atomic mass is 10.3. The van der Waals surface area contributed by atoms with Gasteiger partial charge in [-0.15, -0.1) is 11.3 Å².